The number of aromatic nitrogens is 1. The summed E-state index contributed by atoms with van der Waals surface area (Å²) >= 11 is 1.00. The van der Waals surface area contributed by atoms with Crippen LogP contribution in [0.1, 0.15) is 34.1 Å². The van der Waals surface area contributed by atoms with E-state index in [9.17, 15) is 13.6 Å². The normalized spacial score (nSPS) is 14.6. The van der Waals surface area contributed by atoms with E-state index in [4.69, 9.17) is 5.11 Å². The van der Waals surface area contributed by atoms with Gasteiger partial charge >= 0.3 is 5.97 Å². The number of carboxylic acid groups (broad SMARTS) is 1. The van der Waals surface area contributed by atoms with Crippen LogP contribution in [0, 0.1) is 11.6 Å². The number of nitrogens with zero attached hydrogens (tertiary/aromatic N) is 1. The highest BCUT2D eigenvalue weighted by Crippen LogP contribution is 2.44. The van der Waals surface area contributed by atoms with Crippen LogP contribution in [0.4, 0.5) is 8.78 Å². The number of carboxylic acids is 1. The largest absolute Gasteiger partial charge is 0.477 e. The molecular weight excluding hydrogens is 272 g/mol. The SMILES string of the molecule is O=C(O)c1sc(-c2ccc(F)c(F)c2)nc1C1CC1. The molecule has 0 radical (unpaired) electrons. The number of aromatic carboxylic acids is 1. The Bertz CT molecular complexity index is 665. The van der Waals surface area contributed by atoms with E-state index >= 15 is 0 Å². The lowest BCUT2D eigenvalue weighted by atomic mass is 10.2. The molecule has 0 bridgehead atoms. The number of hydrogen-bond acceptors (Lipinski definition) is 3. The summed E-state index contributed by atoms with van der Waals surface area (Å²) in [6, 6.07) is 3.46. The molecule has 1 saturated carbocycles. The summed E-state index contributed by atoms with van der Waals surface area (Å²) in [6.45, 7) is 0. The van der Waals surface area contributed by atoms with Crippen molar-refractivity contribution in [2.45, 2.75) is 18.8 Å². The van der Waals surface area contributed by atoms with Gasteiger partial charge in [0.25, 0.3) is 0 Å². The van der Waals surface area contributed by atoms with E-state index in [1.54, 1.807) is 0 Å². The minimum Gasteiger partial charge on any atom is -0.477 e. The van der Waals surface area contributed by atoms with Crippen molar-refractivity contribution >= 4 is 17.3 Å². The van der Waals surface area contributed by atoms with Gasteiger partial charge in [-0.3, -0.25) is 0 Å². The van der Waals surface area contributed by atoms with Crippen LogP contribution in [0.5, 0.6) is 0 Å². The Morgan fingerprint density at radius 1 is 1.32 bits per heavy atom. The number of halogens is 2. The lowest BCUT2D eigenvalue weighted by Crippen LogP contribution is -1.97. The van der Waals surface area contributed by atoms with Crippen LogP contribution in [0.3, 0.4) is 0 Å². The molecule has 1 aliphatic carbocycles. The number of carbonyl (C=O) groups is 1. The number of thiazole rings is 1. The van der Waals surface area contributed by atoms with Crippen molar-refractivity contribution in [3.63, 3.8) is 0 Å². The van der Waals surface area contributed by atoms with Gasteiger partial charge < -0.3 is 5.11 Å². The van der Waals surface area contributed by atoms with Crippen LogP contribution < -0.4 is 0 Å². The Morgan fingerprint density at radius 2 is 2.05 bits per heavy atom. The van der Waals surface area contributed by atoms with Crippen LogP contribution >= 0.6 is 11.3 Å². The Hall–Kier alpha value is -1.82. The quantitative estimate of drug-likeness (QED) is 0.934. The smallest absolute Gasteiger partial charge is 0.347 e. The fraction of sp³-hybridized carbons (Fsp3) is 0.231. The highest BCUT2D eigenvalue weighted by molar-refractivity contribution is 7.17. The van der Waals surface area contributed by atoms with Crippen molar-refractivity contribution in [3.8, 4) is 10.6 Å². The third-order valence-corrected chi connectivity index (χ3v) is 4.09. The van der Waals surface area contributed by atoms with Gasteiger partial charge in [-0.2, -0.15) is 0 Å². The van der Waals surface area contributed by atoms with E-state index in [1.807, 2.05) is 0 Å². The molecule has 0 saturated heterocycles. The molecule has 0 atom stereocenters. The predicted molar refractivity (Wildman–Crippen MR) is 66.4 cm³/mol. The molecule has 3 nitrogen and oxygen atoms in total. The van der Waals surface area contributed by atoms with Gasteiger partial charge in [0, 0.05) is 11.5 Å². The van der Waals surface area contributed by atoms with Crippen LogP contribution in [0.25, 0.3) is 10.6 Å². The predicted octanol–water partition coefficient (Wildman–Crippen LogP) is 3.66. The Labute approximate surface area is 111 Å². The van der Waals surface area contributed by atoms with Gasteiger partial charge in [-0.1, -0.05) is 0 Å². The minimum atomic E-state index is -1.02. The first kappa shape index (κ1) is 12.2. The Kier molecular flexibility index (Phi) is 2.82. The molecule has 1 aromatic heterocycles. The highest BCUT2D eigenvalue weighted by atomic mass is 32.1. The van der Waals surface area contributed by atoms with Gasteiger partial charge in [0.15, 0.2) is 11.6 Å². The maximum absolute atomic E-state index is 13.2. The van der Waals surface area contributed by atoms with E-state index in [-0.39, 0.29) is 10.8 Å². The third kappa shape index (κ3) is 2.23. The average Bonchev–Trinajstić information content (AvgIpc) is 3.11. The van der Waals surface area contributed by atoms with E-state index in [2.05, 4.69) is 4.98 Å². The molecule has 0 unspecified atom stereocenters. The lowest BCUT2D eigenvalue weighted by molar-refractivity contribution is 0.0700. The fourth-order valence-corrected chi connectivity index (χ4v) is 2.86. The molecule has 19 heavy (non-hydrogen) atoms. The van der Waals surface area contributed by atoms with Gasteiger partial charge in [0.05, 0.1) is 5.69 Å². The van der Waals surface area contributed by atoms with Crippen molar-refractivity contribution in [2.75, 3.05) is 0 Å². The van der Waals surface area contributed by atoms with Gasteiger partial charge in [0.2, 0.25) is 0 Å². The first-order valence-corrected chi connectivity index (χ1v) is 6.57. The van der Waals surface area contributed by atoms with Crippen LogP contribution in [0.2, 0.25) is 0 Å². The van der Waals surface area contributed by atoms with E-state index in [1.165, 1.54) is 6.07 Å². The summed E-state index contributed by atoms with van der Waals surface area (Å²) in [7, 11) is 0. The Balaban J connectivity index is 2.07. The number of rotatable bonds is 3. The van der Waals surface area contributed by atoms with Crippen molar-refractivity contribution in [1.29, 1.82) is 0 Å². The van der Waals surface area contributed by atoms with Crippen molar-refractivity contribution in [2.24, 2.45) is 0 Å². The molecule has 3 rings (SSSR count). The average molecular weight is 281 g/mol. The summed E-state index contributed by atoms with van der Waals surface area (Å²) in [4.78, 5) is 15.6. The first-order valence-electron chi connectivity index (χ1n) is 5.75. The summed E-state index contributed by atoms with van der Waals surface area (Å²) in [6.07, 6.45) is 1.86. The summed E-state index contributed by atoms with van der Waals surface area (Å²) < 4.78 is 26.1. The van der Waals surface area contributed by atoms with Crippen LogP contribution in [-0.4, -0.2) is 16.1 Å². The Morgan fingerprint density at radius 3 is 2.63 bits per heavy atom. The third-order valence-electron chi connectivity index (χ3n) is 2.98. The first-order chi connectivity index (χ1) is 9.06. The van der Waals surface area contributed by atoms with Gasteiger partial charge in [-0.15, -0.1) is 11.3 Å². The zero-order valence-corrected chi connectivity index (χ0v) is 10.5. The minimum absolute atomic E-state index is 0.196. The highest BCUT2D eigenvalue weighted by Gasteiger charge is 2.32. The van der Waals surface area contributed by atoms with E-state index in [0.29, 0.717) is 16.3 Å². The molecule has 1 fully saturated rings. The molecule has 6 heteroatoms. The molecular formula is C13H9F2NO2S. The molecule has 0 aliphatic heterocycles. The van der Waals surface area contributed by atoms with Crippen molar-refractivity contribution in [1.82, 2.24) is 4.98 Å². The lowest BCUT2D eigenvalue weighted by Gasteiger charge is -1.97. The standard InChI is InChI=1S/C13H9F2NO2S/c14-8-4-3-7(5-9(8)15)12-16-10(6-1-2-6)11(19-12)13(17)18/h3-6H,1-2H2,(H,17,18). The van der Waals surface area contributed by atoms with Crippen molar-refractivity contribution < 1.29 is 18.7 Å². The molecule has 0 amide bonds. The molecule has 2 aromatic rings. The second-order valence-electron chi connectivity index (χ2n) is 4.44. The zero-order valence-electron chi connectivity index (χ0n) is 9.69. The van der Waals surface area contributed by atoms with Gasteiger partial charge in [-0.25, -0.2) is 18.6 Å². The molecule has 1 heterocycles. The second-order valence-corrected chi connectivity index (χ2v) is 5.44. The van der Waals surface area contributed by atoms with E-state index in [0.717, 1.165) is 36.3 Å². The number of hydrogen-bond donors (Lipinski definition) is 1. The molecule has 1 aliphatic rings. The zero-order chi connectivity index (χ0) is 13.6. The van der Waals surface area contributed by atoms with E-state index < -0.39 is 17.6 Å². The summed E-state index contributed by atoms with van der Waals surface area (Å²) in [5, 5.41) is 9.55. The van der Waals surface area contributed by atoms with Crippen LogP contribution in [0.15, 0.2) is 18.2 Å². The second kappa shape index (κ2) is 4.38. The maximum atomic E-state index is 13.2. The van der Waals surface area contributed by atoms with Crippen molar-refractivity contribution in [3.05, 3.63) is 40.4 Å². The molecule has 1 aromatic carbocycles. The number of benzene rings is 1. The van der Waals surface area contributed by atoms with Gasteiger partial charge in [-0.05, 0) is 31.0 Å². The molecule has 1 N–H and O–H groups in total. The summed E-state index contributed by atoms with van der Waals surface area (Å²) in [5.74, 6) is -2.71. The topological polar surface area (TPSA) is 50.2 Å². The van der Waals surface area contributed by atoms with Gasteiger partial charge in [0.1, 0.15) is 9.88 Å². The van der Waals surface area contributed by atoms with Crippen LogP contribution in [-0.2, 0) is 0 Å². The molecule has 0 spiro atoms. The molecule has 98 valence electrons. The summed E-state index contributed by atoms with van der Waals surface area (Å²) in [5.41, 5.74) is 0.968. The monoisotopic (exact) mass is 281 g/mol. The fourth-order valence-electron chi connectivity index (χ4n) is 1.87. The maximum Gasteiger partial charge on any atom is 0.347 e.